The van der Waals surface area contributed by atoms with Gasteiger partial charge in [0.25, 0.3) is 5.56 Å². The summed E-state index contributed by atoms with van der Waals surface area (Å²) in [6, 6.07) is 18.3. The average molecular weight is 530 g/mol. The minimum atomic E-state index is -4.49. The van der Waals surface area contributed by atoms with Gasteiger partial charge in [0, 0.05) is 18.0 Å². The molecule has 0 amide bonds. The summed E-state index contributed by atoms with van der Waals surface area (Å²) < 4.78 is 41.7. The molecule has 3 aliphatic heterocycles. The first-order valence-corrected chi connectivity index (χ1v) is 13.2. The number of nitrogens with zero attached hydrogens (tertiary/aromatic N) is 2. The molecule has 2 bridgehead atoms. The molecule has 1 atom stereocenters. The highest BCUT2D eigenvalue weighted by Gasteiger charge is 2.36. The number of nitrogens with one attached hydrogen (secondary N) is 3. The molecule has 6 nitrogen and oxygen atoms in total. The predicted molar refractivity (Wildman–Crippen MR) is 147 cm³/mol. The van der Waals surface area contributed by atoms with Gasteiger partial charge in [0.15, 0.2) is 0 Å². The fourth-order valence-electron chi connectivity index (χ4n) is 6.20. The zero-order valence-corrected chi connectivity index (χ0v) is 21.0. The van der Waals surface area contributed by atoms with Crippen LogP contribution in [0.15, 0.2) is 71.5 Å². The van der Waals surface area contributed by atoms with Crippen LogP contribution in [-0.4, -0.2) is 45.5 Å². The van der Waals surface area contributed by atoms with Gasteiger partial charge in [-0.3, -0.25) is 4.79 Å². The Morgan fingerprint density at radius 2 is 1.69 bits per heavy atom. The van der Waals surface area contributed by atoms with Crippen LogP contribution in [0.2, 0.25) is 0 Å². The first kappa shape index (κ1) is 24.0. The van der Waals surface area contributed by atoms with Crippen molar-refractivity contribution in [2.75, 3.05) is 25.0 Å². The summed E-state index contributed by atoms with van der Waals surface area (Å²) >= 11 is 0. The highest BCUT2D eigenvalue weighted by atomic mass is 19.4. The molecule has 0 radical (unpaired) electrons. The molecule has 0 spiro atoms. The van der Waals surface area contributed by atoms with Gasteiger partial charge in [-0.25, -0.2) is 4.98 Å². The van der Waals surface area contributed by atoms with E-state index in [0.29, 0.717) is 39.5 Å². The van der Waals surface area contributed by atoms with Crippen LogP contribution in [0.5, 0.6) is 0 Å². The number of alkyl halides is 3. The van der Waals surface area contributed by atoms with Gasteiger partial charge in [0.1, 0.15) is 11.4 Å². The molecule has 9 heteroatoms. The molecular formula is C30H26F3N5O. The van der Waals surface area contributed by atoms with E-state index >= 15 is 0 Å². The van der Waals surface area contributed by atoms with Crippen LogP contribution in [-0.2, 0) is 6.18 Å². The lowest BCUT2D eigenvalue weighted by atomic mass is 9.83. The third-order valence-corrected chi connectivity index (χ3v) is 8.17. The van der Waals surface area contributed by atoms with Crippen molar-refractivity contribution in [1.29, 1.82) is 0 Å². The lowest BCUT2D eigenvalue weighted by Crippen LogP contribution is -2.53. The van der Waals surface area contributed by atoms with Gasteiger partial charge >= 0.3 is 6.18 Å². The molecule has 3 aromatic carbocycles. The summed E-state index contributed by atoms with van der Waals surface area (Å²) in [6.45, 7) is 2.98. The number of hydrogen-bond acceptors (Lipinski definition) is 4. The Morgan fingerprint density at radius 3 is 2.44 bits per heavy atom. The largest absolute Gasteiger partial charge is 0.417 e. The van der Waals surface area contributed by atoms with E-state index in [0.717, 1.165) is 49.6 Å². The minimum absolute atomic E-state index is 0.0946. The Morgan fingerprint density at radius 1 is 0.923 bits per heavy atom. The maximum Gasteiger partial charge on any atom is 0.417 e. The molecule has 3 fully saturated rings. The second-order valence-electron chi connectivity index (χ2n) is 10.5. The topological polar surface area (TPSA) is 76.8 Å². The van der Waals surface area contributed by atoms with Crippen LogP contribution < -0.4 is 10.9 Å². The lowest BCUT2D eigenvalue weighted by Gasteiger charge is -2.45. The van der Waals surface area contributed by atoms with Crippen molar-refractivity contribution in [3.63, 3.8) is 0 Å². The first-order chi connectivity index (χ1) is 18.8. The van der Waals surface area contributed by atoms with Crippen molar-refractivity contribution in [3.05, 3.63) is 82.6 Å². The third kappa shape index (κ3) is 4.17. The van der Waals surface area contributed by atoms with E-state index < -0.39 is 11.7 Å². The molecule has 3 N–H and O–H groups in total. The van der Waals surface area contributed by atoms with Crippen LogP contribution >= 0.6 is 0 Å². The molecule has 198 valence electrons. The number of rotatable bonds is 4. The summed E-state index contributed by atoms with van der Waals surface area (Å²) in [5, 5.41) is 4.34. The number of aromatic amines is 2. The van der Waals surface area contributed by atoms with Gasteiger partial charge in [-0.1, -0.05) is 36.4 Å². The second-order valence-corrected chi connectivity index (χ2v) is 10.5. The minimum Gasteiger partial charge on any atom is -0.379 e. The van der Waals surface area contributed by atoms with E-state index in [9.17, 15) is 18.0 Å². The van der Waals surface area contributed by atoms with E-state index in [-0.39, 0.29) is 17.2 Å². The Labute approximate surface area is 221 Å². The first-order valence-electron chi connectivity index (χ1n) is 13.2. The van der Waals surface area contributed by atoms with Crippen molar-refractivity contribution >= 4 is 27.6 Å². The Bertz CT molecular complexity index is 1730. The monoisotopic (exact) mass is 529 g/mol. The Hall–Kier alpha value is -4.11. The summed E-state index contributed by atoms with van der Waals surface area (Å²) in [5.41, 5.74) is 2.55. The number of halogens is 3. The zero-order chi connectivity index (χ0) is 26.7. The van der Waals surface area contributed by atoms with Crippen molar-refractivity contribution in [2.45, 2.75) is 25.1 Å². The van der Waals surface area contributed by atoms with Gasteiger partial charge in [-0.2, -0.15) is 13.2 Å². The number of para-hydroxylation sites is 2. The molecule has 5 aromatic rings. The number of pyridine rings is 1. The molecular weight excluding hydrogens is 503 g/mol. The van der Waals surface area contributed by atoms with Gasteiger partial charge in [-0.05, 0) is 73.3 Å². The van der Waals surface area contributed by atoms with Crippen LogP contribution in [0, 0.1) is 5.92 Å². The third-order valence-electron chi connectivity index (χ3n) is 8.17. The van der Waals surface area contributed by atoms with Crippen molar-refractivity contribution in [3.8, 4) is 22.5 Å². The quantitative estimate of drug-likeness (QED) is 0.257. The number of hydrogen-bond donors (Lipinski definition) is 3. The van der Waals surface area contributed by atoms with E-state index in [1.54, 1.807) is 24.3 Å². The standard InChI is InChI=1S/C30H26F3N5O/c31-30(32,33)21-6-2-1-5-19(21)18-9-10-22-20(15-18)27(34-25-16-38-13-11-17(25)12-14-38)26(29(39)37-22)28-35-23-7-3-4-8-24(23)36-28/h1-10,15,17,25H,11-14,16H2,(H,35,36)(H2,34,37,39)/t25-/m1/s1. The molecule has 2 aromatic heterocycles. The van der Waals surface area contributed by atoms with Gasteiger partial charge in [0.2, 0.25) is 0 Å². The number of imidazole rings is 1. The highest BCUT2D eigenvalue weighted by molar-refractivity contribution is 6.01. The second kappa shape index (κ2) is 8.98. The van der Waals surface area contributed by atoms with E-state index in [4.69, 9.17) is 4.98 Å². The Balaban J connectivity index is 1.46. The lowest BCUT2D eigenvalue weighted by molar-refractivity contribution is -0.137. The van der Waals surface area contributed by atoms with Crippen molar-refractivity contribution in [1.82, 2.24) is 19.9 Å². The number of H-pyrrole nitrogens is 2. The molecule has 0 unspecified atom stereocenters. The number of aromatic nitrogens is 3. The summed E-state index contributed by atoms with van der Waals surface area (Å²) in [4.78, 5) is 26.9. The van der Waals surface area contributed by atoms with E-state index in [1.807, 2.05) is 24.3 Å². The highest BCUT2D eigenvalue weighted by Crippen LogP contribution is 2.40. The fraction of sp³-hybridized carbons (Fsp3) is 0.267. The number of benzene rings is 3. The summed E-state index contributed by atoms with van der Waals surface area (Å²) in [6.07, 6.45) is -2.35. The van der Waals surface area contributed by atoms with E-state index in [2.05, 4.69) is 20.2 Å². The smallest absolute Gasteiger partial charge is 0.379 e. The maximum atomic E-state index is 13.9. The zero-order valence-electron chi connectivity index (χ0n) is 21.0. The van der Waals surface area contributed by atoms with Crippen molar-refractivity contribution < 1.29 is 13.2 Å². The molecule has 3 aliphatic rings. The SMILES string of the molecule is O=c1[nH]c2ccc(-c3ccccc3C(F)(F)F)cc2c(N[C@@H]2CN3CCC2CC3)c1-c1nc2ccccc2[nH]1. The Kier molecular flexibility index (Phi) is 5.52. The maximum absolute atomic E-state index is 13.9. The molecule has 3 saturated heterocycles. The van der Waals surface area contributed by atoms with Gasteiger partial charge in [0.05, 0.1) is 27.8 Å². The summed E-state index contributed by atoms with van der Waals surface area (Å²) in [5.74, 6) is 0.881. The van der Waals surface area contributed by atoms with Crippen LogP contribution in [0.3, 0.4) is 0 Å². The number of fused-ring (bicyclic) bond motifs is 5. The summed E-state index contributed by atoms with van der Waals surface area (Å²) in [7, 11) is 0. The van der Waals surface area contributed by atoms with E-state index in [1.165, 1.54) is 12.1 Å². The van der Waals surface area contributed by atoms with Crippen molar-refractivity contribution in [2.24, 2.45) is 5.92 Å². The molecule has 0 saturated carbocycles. The number of piperidine rings is 3. The number of anilines is 1. The molecule has 5 heterocycles. The van der Waals surface area contributed by atoms with Gasteiger partial charge in [-0.15, -0.1) is 0 Å². The van der Waals surface area contributed by atoms with Crippen LogP contribution in [0.25, 0.3) is 44.5 Å². The fourth-order valence-corrected chi connectivity index (χ4v) is 6.20. The average Bonchev–Trinajstić information content (AvgIpc) is 3.37. The molecule has 39 heavy (non-hydrogen) atoms. The van der Waals surface area contributed by atoms with Crippen LogP contribution in [0.1, 0.15) is 18.4 Å². The molecule has 0 aliphatic carbocycles. The molecule has 8 rings (SSSR count). The normalized spacial score (nSPS) is 21.1. The van der Waals surface area contributed by atoms with Gasteiger partial charge < -0.3 is 20.2 Å². The van der Waals surface area contributed by atoms with Crippen LogP contribution in [0.4, 0.5) is 18.9 Å². The predicted octanol–water partition coefficient (Wildman–Crippen LogP) is 6.26.